The average molecular weight is 372 g/mol. The van der Waals surface area contributed by atoms with Crippen LogP contribution in [-0.2, 0) is 13.0 Å². The van der Waals surface area contributed by atoms with Crippen molar-refractivity contribution in [2.24, 2.45) is 5.73 Å². The molecule has 0 aliphatic rings. The molecular formula is C20H15F3N2O2. The molecule has 7 heteroatoms. The number of nitrogens with zero attached hydrogens (tertiary/aromatic N) is 1. The first-order valence-electron chi connectivity index (χ1n) is 8.02. The van der Waals surface area contributed by atoms with Gasteiger partial charge in [0, 0.05) is 36.0 Å². The molecule has 1 aromatic heterocycles. The molecule has 0 unspecified atom stereocenters. The molecular weight excluding hydrogens is 357 g/mol. The molecule has 3 rings (SSSR count). The third kappa shape index (κ3) is 4.63. The Kier molecular flexibility index (Phi) is 5.40. The van der Waals surface area contributed by atoms with E-state index in [1.54, 1.807) is 42.6 Å². The van der Waals surface area contributed by atoms with Crippen molar-refractivity contribution in [3.05, 3.63) is 94.6 Å². The van der Waals surface area contributed by atoms with Crippen LogP contribution in [0.1, 0.15) is 27.2 Å². The quantitative estimate of drug-likeness (QED) is 0.670. The maximum absolute atomic E-state index is 13.2. The Hall–Kier alpha value is -3.35. The second-order valence-corrected chi connectivity index (χ2v) is 5.88. The van der Waals surface area contributed by atoms with Gasteiger partial charge in [-0.1, -0.05) is 12.1 Å². The van der Waals surface area contributed by atoms with Crippen LogP contribution in [0.3, 0.4) is 0 Å². The summed E-state index contributed by atoms with van der Waals surface area (Å²) in [4.78, 5) is 15.4. The van der Waals surface area contributed by atoms with Crippen LogP contribution in [0.25, 0.3) is 0 Å². The van der Waals surface area contributed by atoms with E-state index in [1.807, 2.05) is 0 Å². The highest BCUT2D eigenvalue weighted by molar-refractivity contribution is 5.92. The van der Waals surface area contributed by atoms with Gasteiger partial charge in [-0.3, -0.25) is 9.78 Å². The summed E-state index contributed by atoms with van der Waals surface area (Å²) in [5.74, 6) is -4.74. The third-order valence-corrected chi connectivity index (χ3v) is 3.87. The number of hydrogen-bond acceptors (Lipinski definition) is 3. The lowest BCUT2D eigenvalue weighted by Gasteiger charge is -2.09. The summed E-state index contributed by atoms with van der Waals surface area (Å²) in [5.41, 5.74) is 8.06. The molecule has 0 aliphatic heterocycles. The van der Waals surface area contributed by atoms with Crippen molar-refractivity contribution in [3.63, 3.8) is 0 Å². The molecule has 2 N–H and O–H groups in total. The van der Waals surface area contributed by atoms with Gasteiger partial charge in [0.1, 0.15) is 12.4 Å². The van der Waals surface area contributed by atoms with Gasteiger partial charge in [0.15, 0.2) is 17.5 Å². The first-order chi connectivity index (χ1) is 12.9. The van der Waals surface area contributed by atoms with Gasteiger partial charge in [0.05, 0.1) is 0 Å². The smallest absolute Gasteiger partial charge is 0.248 e. The summed E-state index contributed by atoms with van der Waals surface area (Å²) in [6.45, 7) is 0.0423. The monoisotopic (exact) mass is 372 g/mol. The van der Waals surface area contributed by atoms with E-state index in [4.69, 9.17) is 10.5 Å². The number of halogens is 3. The lowest BCUT2D eigenvalue weighted by atomic mass is 10.1. The number of carbonyl (C=O) groups excluding carboxylic acids is 1. The second-order valence-electron chi connectivity index (χ2n) is 5.88. The van der Waals surface area contributed by atoms with Gasteiger partial charge in [-0.15, -0.1) is 0 Å². The Balaban J connectivity index is 1.67. The highest BCUT2D eigenvalue weighted by Crippen LogP contribution is 2.20. The molecule has 1 amide bonds. The lowest BCUT2D eigenvalue weighted by Crippen LogP contribution is -2.10. The molecule has 0 atom stereocenters. The van der Waals surface area contributed by atoms with Crippen LogP contribution in [0.4, 0.5) is 13.2 Å². The standard InChI is InChI=1S/C20H15F3N2O2/c21-17-9-16(10-18(22)19(17)23)27-11-13-5-6-25-15(8-13)7-12-1-3-14(4-2-12)20(24)26/h1-6,8-10H,7,11H2,(H2,24,26). The minimum atomic E-state index is -1.53. The van der Waals surface area contributed by atoms with Crippen LogP contribution in [0.5, 0.6) is 5.75 Å². The van der Waals surface area contributed by atoms with Crippen LogP contribution < -0.4 is 10.5 Å². The van der Waals surface area contributed by atoms with Gasteiger partial charge in [0.25, 0.3) is 0 Å². The van der Waals surface area contributed by atoms with E-state index in [9.17, 15) is 18.0 Å². The van der Waals surface area contributed by atoms with Crippen LogP contribution in [-0.4, -0.2) is 10.9 Å². The Morgan fingerprint density at radius 1 is 0.963 bits per heavy atom. The maximum atomic E-state index is 13.2. The van der Waals surface area contributed by atoms with Crippen LogP contribution >= 0.6 is 0 Å². The number of primary amides is 1. The van der Waals surface area contributed by atoms with Crippen molar-refractivity contribution in [3.8, 4) is 5.75 Å². The average Bonchev–Trinajstić information content (AvgIpc) is 2.65. The first-order valence-corrected chi connectivity index (χ1v) is 8.02. The van der Waals surface area contributed by atoms with Crippen LogP contribution in [0, 0.1) is 17.5 Å². The highest BCUT2D eigenvalue weighted by atomic mass is 19.2. The van der Waals surface area contributed by atoms with E-state index < -0.39 is 23.4 Å². The number of ether oxygens (including phenoxy) is 1. The summed E-state index contributed by atoms with van der Waals surface area (Å²) in [6, 6.07) is 11.9. The van der Waals surface area contributed by atoms with E-state index >= 15 is 0 Å². The summed E-state index contributed by atoms with van der Waals surface area (Å²) >= 11 is 0. The molecule has 0 aliphatic carbocycles. The van der Waals surface area contributed by atoms with Crippen molar-refractivity contribution in [2.45, 2.75) is 13.0 Å². The van der Waals surface area contributed by atoms with Gasteiger partial charge in [-0.05, 0) is 35.4 Å². The van der Waals surface area contributed by atoms with Crippen molar-refractivity contribution >= 4 is 5.91 Å². The van der Waals surface area contributed by atoms with Gasteiger partial charge in [-0.2, -0.15) is 0 Å². The third-order valence-electron chi connectivity index (χ3n) is 3.87. The molecule has 0 fully saturated rings. The molecule has 2 aromatic carbocycles. The molecule has 138 valence electrons. The van der Waals surface area contributed by atoms with Crippen LogP contribution in [0.15, 0.2) is 54.7 Å². The normalized spacial score (nSPS) is 10.6. The summed E-state index contributed by atoms with van der Waals surface area (Å²) in [6.07, 6.45) is 2.12. The Morgan fingerprint density at radius 2 is 1.63 bits per heavy atom. The molecule has 0 saturated carbocycles. The topological polar surface area (TPSA) is 65.2 Å². The number of hydrogen-bond donors (Lipinski definition) is 1. The van der Waals surface area contributed by atoms with E-state index in [-0.39, 0.29) is 12.4 Å². The van der Waals surface area contributed by atoms with E-state index in [1.165, 1.54) is 0 Å². The van der Waals surface area contributed by atoms with Gasteiger partial charge >= 0.3 is 0 Å². The number of aromatic nitrogens is 1. The lowest BCUT2D eigenvalue weighted by molar-refractivity contribution is 0.100. The maximum Gasteiger partial charge on any atom is 0.248 e. The van der Waals surface area contributed by atoms with Gasteiger partial charge in [-0.25, -0.2) is 13.2 Å². The van der Waals surface area contributed by atoms with Crippen molar-refractivity contribution in [2.75, 3.05) is 0 Å². The zero-order valence-electron chi connectivity index (χ0n) is 14.1. The SMILES string of the molecule is NC(=O)c1ccc(Cc2cc(COc3cc(F)c(F)c(F)c3)ccn2)cc1. The summed E-state index contributed by atoms with van der Waals surface area (Å²) < 4.78 is 44.7. The number of carbonyl (C=O) groups is 1. The van der Waals surface area contributed by atoms with Crippen molar-refractivity contribution in [1.29, 1.82) is 0 Å². The van der Waals surface area contributed by atoms with E-state index in [0.29, 0.717) is 12.0 Å². The minimum absolute atomic E-state index is 0.0423. The number of rotatable bonds is 6. The first kappa shape index (κ1) is 18.4. The fourth-order valence-corrected chi connectivity index (χ4v) is 2.49. The van der Waals surface area contributed by atoms with Crippen molar-refractivity contribution < 1.29 is 22.7 Å². The molecule has 0 bridgehead atoms. The fraction of sp³-hybridized carbons (Fsp3) is 0.100. The molecule has 0 spiro atoms. The molecule has 27 heavy (non-hydrogen) atoms. The molecule has 0 radical (unpaired) electrons. The zero-order valence-corrected chi connectivity index (χ0v) is 14.1. The molecule has 1 heterocycles. The molecule has 3 aromatic rings. The Morgan fingerprint density at radius 3 is 2.26 bits per heavy atom. The Bertz CT molecular complexity index is 952. The minimum Gasteiger partial charge on any atom is -0.489 e. The fourth-order valence-electron chi connectivity index (χ4n) is 2.49. The van der Waals surface area contributed by atoms with E-state index in [2.05, 4.69) is 4.98 Å². The molecule has 0 saturated heterocycles. The molecule has 4 nitrogen and oxygen atoms in total. The van der Waals surface area contributed by atoms with Gasteiger partial charge in [0.2, 0.25) is 5.91 Å². The Labute approximate surface area is 153 Å². The van der Waals surface area contributed by atoms with E-state index in [0.717, 1.165) is 29.0 Å². The van der Waals surface area contributed by atoms with Crippen LogP contribution in [0.2, 0.25) is 0 Å². The predicted molar refractivity (Wildman–Crippen MR) is 92.7 cm³/mol. The second kappa shape index (κ2) is 7.90. The number of pyridine rings is 1. The van der Waals surface area contributed by atoms with Crippen molar-refractivity contribution in [1.82, 2.24) is 4.98 Å². The summed E-state index contributed by atoms with van der Waals surface area (Å²) in [7, 11) is 0. The number of benzene rings is 2. The largest absolute Gasteiger partial charge is 0.489 e. The number of nitrogens with two attached hydrogens (primary N) is 1. The van der Waals surface area contributed by atoms with Gasteiger partial charge < -0.3 is 10.5 Å². The predicted octanol–water partition coefficient (Wildman–Crippen LogP) is 3.77. The number of amides is 1. The highest BCUT2D eigenvalue weighted by Gasteiger charge is 2.11. The summed E-state index contributed by atoms with van der Waals surface area (Å²) in [5, 5.41) is 0. The zero-order chi connectivity index (χ0) is 19.4.